The van der Waals surface area contributed by atoms with Crippen LogP contribution in [-0.4, -0.2) is 18.5 Å². The van der Waals surface area contributed by atoms with E-state index in [4.69, 9.17) is 0 Å². The maximum absolute atomic E-state index is 11.8. The van der Waals surface area contributed by atoms with Crippen LogP contribution in [0, 0.1) is 6.92 Å². The maximum Gasteiger partial charge on any atom is 0.238 e. The van der Waals surface area contributed by atoms with Crippen LogP contribution in [0.5, 0.6) is 0 Å². The Kier molecular flexibility index (Phi) is 6.89. The lowest BCUT2D eigenvalue weighted by molar-refractivity contribution is -0.115. The minimum Gasteiger partial charge on any atom is -0.325 e. The summed E-state index contributed by atoms with van der Waals surface area (Å²) in [5.41, 5.74) is 2.01. The van der Waals surface area contributed by atoms with Crippen molar-refractivity contribution in [2.24, 2.45) is 0 Å². The van der Waals surface area contributed by atoms with Crippen LogP contribution in [0.25, 0.3) is 0 Å². The van der Waals surface area contributed by atoms with Crippen molar-refractivity contribution in [3.05, 3.63) is 29.8 Å². The molecular weight excluding hydrogens is 260 g/mol. The summed E-state index contributed by atoms with van der Waals surface area (Å²) in [6.07, 6.45) is 6.33. The molecule has 2 rings (SSSR count). The number of hydrogen-bond acceptors (Lipinski definition) is 2. The van der Waals surface area contributed by atoms with Crippen LogP contribution in [0.1, 0.15) is 37.7 Å². The number of nitrogens with one attached hydrogen (secondary N) is 2. The van der Waals surface area contributed by atoms with E-state index in [1.54, 1.807) is 0 Å². The van der Waals surface area contributed by atoms with E-state index in [1.165, 1.54) is 32.1 Å². The van der Waals surface area contributed by atoms with Crippen molar-refractivity contribution in [2.75, 3.05) is 11.9 Å². The van der Waals surface area contributed by atoms with Crippen LogP contribution in [0.2, 0.25) is 0 Å². The van der Waals surface area contributed by atoms with Gasteiger partial charge in [0.25, 0.3) is 0 Å². The molecule has 0 atom stereocenters. The van der Waals surface area contributed by atoms with Crippen molar-refractivity contribution >= 4 is 24.0 Å². The summed E-state index contributed by atoms with van der Waals surface area (Å²) < 4.78 is 0. The number of hydrogen-bond donors (Lipinski definition) is 2. The number of carbonyl (C=O) groups is 1. The molecule has 0 aromatic heterocycles. The first-order valence-corrected chi connectivity index (χ1v) is 6.84. The molecule has 1 saturated carbocycles. The molecular formula is C15H23ClN2O. The molecule has 1 aromatic carbocycles. The monoisotopic (exact) mass is 282 g/mol. The highest BCUT2D eigenvalue weighted by Gasteiger charge is 2.13. The van der Waals surface area contributed by atoms with Crippen molar-refractivity contribution in [3.8, 4) is 0 Å². The van der Waals surface area contributed by atoms with Crippen molar-refractivity contribution in [2.45, 2.75) is 45.1 Å². The van der Waals surface area contributed by atoms with E-state index in [0.717, 1.165) is 11.3 Å². The SMILES string of the molecule is Cc1ccccc1NC(=O)CNC1CCCCC1.Cl. The lowest BCUT2D eigenvalue weighted by Gasteiger charge is -2.22. The number of halogens is 1. The number of aryl methyl sites for hydroxylation is 1. The summed E-state index contributed by atoms with van der Waals surface area (Å²) in [7, 11) is 0. The molecule has 19 heavy (non-hydrogen) atoms. The summed E-state index contributed by atoms with van der Waals surface area (Å²) in [5.74, 6) is 0.0508. The first kappa shape index (κ1) is 16.0. The Labute approximate surface area is 121 Å². The predicted molar refractivity (Wildman–Crippen MR) is 81.9 cm³/mol. The smallest absolute Gasteiger partial charge is 0.238 e. The highest BCUT2D eigenvalue weighted by molar-refractivity contribution is 5.92. The van der Waals surface area contributed by atoms with Gasteiger partial charge in [-0.15, -0.1) is 12.4 Å². The number of anilines is 1. The number of amides is 1. The third-order valence-corrected chi connectivity index (χ3v) is 3.58. The van der Waals surface area contributed by atoms with E-state index < -0.39 is 0 Å². The minimum absolute atomic E-state index is 0. The van der Waals surface area contributed by atoms with E-state index in [0.29, 0.717) is 12.6 Å². The van der Waals surface area contributed by atoms with Crippen molar-refractivity contribution in [1.29, 1.82) is 0 Å². The summed E-state index contributed by atoms with van der Waals surface area (Å²) in [4.78, 5) is 11.8. The van der Waals surface area contributed by atoms with Crippen LogP contribution in [0.4, 0.5) is 5.69 Å². The molecule has 4 heteroatoms. The number of benzene rings is 1. The molecule has 0 saturated heterocycles. The van der Waals surface area contributed by atoms with Crippen LogP contribution < -0.4 is 10.6 Å². The van der Waals surface area contributed by atoms with Gasteiger partial charge in [0.05, 0.1) is 6.54 Å². The van der Waals surface area contributed by atoms with E-state index in [1.807, 2.05) is 31.2 Å². The number of carbonyl (C=O) groups excluding carboxylic acids is 1. The fraction of sp³-hybridized carbons (Fsp3) is 0.533. The third-order valence-electron chi connectivity index (χ3n) is 3.58. The average molecular weight is 283 g/mol. The maximum atomic E-state index is 11.8. The molecule has 0 spiro atoms. The van der Waals surface area contributed by atoms with Gasteiger partial charge in [0.15, 0.2) is 0 Å². The molecule has 0 radical (unpaired) electrons. The molecule has 1 aliphatic carbocycles. The molecule has 2 N–H and O–H groups in total. The first-order chi connectivity index (χ1) is 8.75. The van der Waals surface area contributed by atoms with Gasteiger partial charge >= 0.3 is 0 Å². The van der Waals surface area contributed by atoms with E-state index in [2.05, 4.69) is 10.6 Å². The van der Waals surface area contributed by atoms with Gasteiger partial charge in [0.1, 0.15) is 0 Å². The van der Waals surface area contributed by atoms with Gasteiger partial charge in [0, 0.05) is 11.7 Å². The molecule has 1 fully saturated rings. The largest absolute Gasteiger partial charge is 0.325 e. The summed E-state index contributed by atoms with van der Waals surface area (Å²) in [6, 6.07) is 8.39. The molecule has 3 nitrogen and oxygen atoms in total. The summed E-state index contributed by atoms with van der Waals surface area (Å²) in [5, 5.41) is 6.30. The van der Waals surface area contributed by atoms with E-state index >= 15 is 0 Å². The molecule has 0 heterocycles. The van der Waals surface area contributed by atoms with E-state index in [9.17, 15) is 4.79 Å². The average Bonchev–Trinajstić information content (AvgIpc) is 2.40. The molecule has 106 valence electrons. The Hall–Kier alpha value is -1.06. The summed E-state index contributed by atoms with van der Waals surface area (Å²) >= 11 is 0. The van der Waals surface area contributed by atoms with Crippen molar-refractivity contribution in [1.82, 2.24) is 5.32 Å². The van der Waals surface area contributed by atoms with Gasteiger partial charge in [-0.2, -0.15) is 0 Å². The third kappa shape index (κ3) is 5.21. The fourth-order valence-corrected chi connectivity index (χ4v) is 2.45. The minimum atomic E-state index is 0. The van der Waals surface area contributed by atoms with Crippen LogP contribution in [0.3, 0.4) is 0 Å². The Morgan fingerprint density at radius 2 is 1.89 bits per heavy atom. The topological polar surface area (TPSA) is 41.1 Å². The summed E-state index contributed by atoms with van der Waals surface area (Å²) in [6.45, 7) is 2.42. The highest BCUT2D eigenvalue weighted by atomic mass is 35.5. The fourth-order valence-electron chi connectivity index (χ4n) is 2.45. The normalized spacial score (nSPS) is 15.6. The van der Waals surface area contributed by atoms with Crippen LogP contribution in [0.15, 0.2) is 24.3 Å². The first-order valence-electron chi connectivity index (χ1n) is 6.84. The van der Waals surface area contributed by atoms with Gasteiger partial charge in [0.2, 0.25) is 5.91 Å². The zero-order valence-electron chi connectivity index (χ0n) is 11.4. The van der Waals surface area contributed by atoms with Gasteiger partial charge in [-0.25, -0.2) is 0 Å². The highest BCUT2D eigenvalue weighted by Crippen LogP contribution is 2.17. The molecule has 0 bridgehead atoms. The second-order valence-corrected chi connectivity index (χ2v) is 5.08. The van der Waals surface area contributed by atoms with E-state index in [-0.39, 0.29) is 18.3 Å². The van der Waals surface area contributed by atoms with Crippen LogP contribution >= 0.6 is 12.4 Å². The zero-order chi connectivity index (χ0) is 12.8. The number of rotatable bonds is 4. The van der Waals surface area contributed by atoms with Gasteiger partial charge in [-0.3, -0.25) is 4.79 Å². The second-order valence-electron chi connectivity index (χ2n) is 5.08. The lowest BCUT2D eigenvalue weighted by Crippen LogP contribution is -2.37. The molecule has 1 amide bonds. The molecule has 0 aliphatic heterocycles. The van der Waals surface area contributed by atoms with Gasteiger partial charge < -0.3 is 10.6 Å². The standard InChI is InChI=1S/C15H22N2O.ClH/c1-12-7-5-6-10-14(12)17-15(18)11-16-13-8-3-2-4-9-13;/h5-7,10,13,16H,2-4,8-9,11H2,1H3,(H,17,18);1H. The Morgan fingerprint density at radius 3 is 2.58 bits per heavy atom. The Morgan fingerprint density at radius 1 is 1.21 bits per heavy atom. The Bertz CT molecular complexity index is 403. The van der Waals surface area contributed by atoms with Gasteiger partial charge in [-0.1, -0.05) is 37.5 Å². The van der Waals surface area contributed by atoms with Crippen molar-refractivity contribution < 1.29 is 4.79 Å². The second kappa shape index (κ2) is 8.18. The predicted octanol–water partition coefficient (Wildman–Crippen LogP) is 3.28. The molecule has 0 unspecified atom stereocenters. The quantitative estimate of drug-likeness (QED) is 0.890. The number of para-hydroxylation sites is 1. The van der Waals surface area contributed by atoms with Crippen LogP contribution in [-0.2, 0) is 4.79 Å². The lowest BCUT2D eigenvalue weighted by atomic mass is 9.95. The van der Waals surface area contributed by atoms with Crippen molar-refractivity contribution in [3.63, 3.8) is 0 Å². The Balaban J connectivity index is 0.00000180. The molecule has 1 aromatic rings. The van der Waals surface area contributed by atoms with Gasteiger partial charge in [-0.05, 0) is 31.4 Å². The molecule has 1 aliphatic rings. The zero-order valence-corrected chi connectivity index (χ0v) is 12.3.